The number of hydrogen-bond donors (Lipinski definition) is 4. The third kappa shape index (κ3) is 12.5. The highest BCUT2D eigenvalue weighted by molar-refractivity contribution is 6.36. The van der Waals surface area contributed by atoms with E-state index < -0.39 is 10.8 Å². The van der Waals surface area contributed by atoms with E-state index in [4.69, 9.17) is 0 Å². The minimum absolute atomic E-state index is 0.0520. The Kier molecular flexibility index (Phi) is 18.9. The Hall–Kier alpha value is -12.3. The van der Waals surface area contributed by atoms with Crippen LogP contribution in [0.5, 0.6) is 23.0 Å². The van der Waals surface area contributed by atoms with Crippen LogP contribution in [0.25, 0.3) is 44.5 Å². The number of phenols is 4. The predicted octanol–water partition coefficient (Wildman–Crippen LogP) is 18.7. The van der Waals surface area contributed by atoms with E-state index in [0.29, 0.717) is 66.8 Å². The number of carbonyl (C=O) groups excluding carboxylic acids is 4. The fourth-order valence-electron chi connectivity index (χ4n) is 11.8. The van der Waals surface area contributed by atoms with Gasteiger partial charge in [0.15, 0.2) is 23.1 Å². The lowest BCUT2D eigenvalue weighted by Crippen LogP contribution is -2.39. The highest BCUT2D eigenvalue weighted by Gasteiger charge is 2.57. The van der Waals surface area contributed by atoms with Gasteiger partial charge in [0, 0.05) is 44.5 Å². The summed E-state index contributed by atoms with van der Waals surface area (Å²) in [7, 11) is 0. The molecule has 0 spiro atoms. The van der Waals surface area contributed by atoms with Crippen LogP contribution in [-0.4, -0.2) is 43.6 Å². The summed E-state index contributed by atoms with van der Waals surface area (Å²) in [5.41, 5.74) is 5.09. The summed E-state index contributed by atoms with van der Waals surface area (Å²) in [6.07, 6.45) is 0. The van der Waals surface area contributed by atoms with Gasteiger partial charge in [-0.15, -0.1) is 0 Å². The smallest absolute Gasteiger partial charge is 0.186 e. The van der Waals surface area contributed by atoms with Crippen molar-refractivity contribution in [2.45, 2.75) is 10.8 Å². The molecule has 0 atom stereocenters. The fourth-order valence-corrected chi connectivity index (χ4v) is 11.8. The van der Waals surface area contributed by atoms with E-state index in [1.165, 1.54) is 24.3 Å². The first-order valence-corrected chi connectivity index (χ1v) is 30.0. The van der Waals surface area contributed by atoms with E-state index in [0.717, 1.165) is 22.3 Å². The Morgan fingerprint density at radius 1 is 0.174 bits per heavy atom. The number of phenolic OH excluding ortho intramolecular Hbond substituents is 4. The van der Waals surface area contributed by atoms with E-state index in [1.54, 1.807) is 97.1 Å². The zero-order valence-corrected chi connectivity index (χ0v) is 49.9. The number of rotatable bonds is 8. The molecule has 4 N–H and O–H groups in total. The quantitative estimate of drug-likeness (QED) is 0.110. The Balaban J connectivity index is 0.000000148. The Bertz CT molecular complexity index is 4010. The summed E-state index contributed by atoms with van der Waals surface area (Å²) in [5.74, 6) is -1.12. The number of fused-ring (bicyclic) bond motifs is 2. The second-order valence-corrected chi connectivity index (χ2v) is 21.8. The van der Waals surface area contributed by atoms with Crippen molar-refractivity contribution in [3.63, 3.8) is 0 Å². The van der Waals surface area contributed by atoms with Crippen LogP contribution < -0.4 is 0 Å². The normalized spacial score (nSPS) is 12.8. The molecule has 8 nitrogen and oxygen atoms in total. The molecule has 0 bridgehead atoms. The molecule has 2 aliphatic rings. The van der Waals surface area contributed by atoms with E-state index in [1.807, 2.05) is 231 Å². The summed E-state index contributed by atoms with van der Waals surface area (Å²) >= 11 is 0. The summed E-state index contributed by atoms with van der Waals surface area (Å²) < 4.78 is 0. The molecule has 13 aromatic rings. The molecule has 0 saturated heterocycles. The topological polar surface area (TPSA) is 149 Å². The fraction of sp³-hybridized carbons (Fsp3) is 0.0238. The van der Waals surface area contributed by atoms with Crippen LogP contribution in [-0.2, 0) is 10.8 Å². The molecule has 92 heavy (non-hydrogen) atoms. The molecule has 0 aliphatic heterocycles. The second-order valence-electron chi connectivity index (χ2n) is 21.8. The highest BCUT2D eigenvalue weighted by Crippen LogP contribution is 2.50. The lowest BCUT2D eigenvalue weighted by atomic mass is 9.69. The standard InChI is InChI=1S/2C33H22O4.3C6H6/c2*34-29-17-15-23(19-27(29)21-9-3-1-4-10-21)33(31(36)25-13-7-8-14-26(25)32(33)37)24-16-18-30(35)28(20-24)22-11-5-2-6-12-22;3*1-2-4-6-5-3-1/h2*1-20,34-35H;3*1-6H. The second kappa shape index (κ2) is 28.3. The average molecular weight is 1200 g/mol. The van der Waals surface area contributed by atoms with Crippen molar-refractivity contribution >= 4 is 23.1 Å². The third-order valence-electron chi connectivity index (χ3n) is 16.3. The molecular weight excluding hydrogens is 1140 g/mol. The lowest BCUT2D eigenvalue weighted by molar-refractivity contribution is 0.0814. The molecule has 2 aliphatic carbocycles. The van der Waals surface area contributed by atoms with Gasteiger partial charge in [0.2, 0.25) is 0 Å². The number of aromatic hydroxyl groups is 4. The van der Waals surface area contributed by atoms with Crippen molar-refractivity contribution in [3.8, 4) is 67.5 Å². The molecule has 0 amide bonds. The van der Waals surface area contributed by atoms with Gasteiger partial charge >= 0.3 is 0 Å². The maximum Gasteiger partial charge on any atom is 0.186 e. The van der Waals surface area contributed by atoms with Gasteiger partial charge in [-0.1, -0.05) is 303 Å². The van der Waals surface area contributed by atoms with Gasteiger partial charge in [-0.25, -0.2) is 0 Å². The van der Waals surface area contributed by atoms with E-state index in [-0.39, 0.29) is 46.1 Å². The van der Waals surface area contributed by atoms with Crippen LogP contribution in [0.4, 0.5) is 0 Å². The van der Waals surface area contributed by atoms with Gasteiger partial charge in [0.05, 0.1) is 0 Å². The highest BCUT2D eigenvalue weighted by atomic mass is 16.3. The minimum atomic E-state index is -1.67. The molecule has 0 unspecified atom stereocenters. The molecule has 13 aromatic carbocycles. The van der Waals surface area contributed by atoms with Crippen molar-refractivity contribution < 1.29 is 39.6 Å². The summed E-state index contributed by atoms with van der Waals surface area (Å²) in [5, 5.41) is 42.9. The summed E-state index contributed by atoms with van der Waals surface area (Å²) in [6.45, 7) is 0. The van der Waals surface area contributed by atoms with Gasteiger partial charge in [0.1, 0.15) is 33.8 Å². The maximum absolute atomic E-state index is 14.2. The van der Waals surface area contributed by atoms with Crippen LogP contribution in [0.3, 0.4) is 0 Å². The van der Waals surface area contributed by atoms with Crippen LogP contribution in [0.1, 0.15) is 63.7 Å². The van der Waals surface area contributed by atoms with E-state index >= 15 is 0 Å². The summed E-state index contributed by atoms with van der Waals surface area (Å²) in [6, 6.07) is 107. The molecule has 0 saturated carbocycles. The molecule has 0 fully saturated rings. The first-order chi connectivity index (χ1) is 45.0. The average Bonchev–Trinajstić information content (AvgIpc) is 1.53. The van der Waals surface area contributed by atoms with Crippen molar-refractivity contribution in [1.29, 1.82) is 0 Å². The number of hydrogen-bond acceptors (Lipinski definition) is 8. The Labute approximate surface area is 534 Å². The molecule has 0 radical (unpaired) electrons. The molecule has 446 valence electrons. The molecule has 0 heterocycles. The number of benzene rings is 13. The zero-order valence-electron chi connectivity index (χ0n) is 49.9. The van der Waals surface area contributed by atoms with Crippen molar-refractivity contribution in [2.24, 2.45) is 0 Å². The molecule has 15 rings (SSSR count). The third-order valence-corrected chi connectivity index (χ3v) is 16.3. The van der Waals surface area contributed by atoms with Crippen LogP contribution in [0.2, 0.25) is 0 Å². The predicted molar refractivity (Wildman–Crippen MR) is 365 cm³/mol. The van der Waals surface area contributed by atoms with Gasteiger partial charge in [-0.3, -0.25) is 19.2 Å². The molecule has 0 aromatic heterocycles. The molecule has 8 heteroatoms. The first kappa shape index (κ1) is 61.4. The van der Waals surface area contributed by atoms with Crippen molar-refractivity contribution in [2.75, 3.05) is 0 Å². The number of ketones is 4. The van der Waals surface area contributed by atoms with Gasteiger partial charge < -0.3 is 20.4 Å². The van der Waals surface area contributed by atoms with Gasteiger partial charge in [-0.05, 0) is 93.0 Å². The maximum atomic E-state index is 14.2. The van der Waals surface area contributed by atoms with Crippen LogP contribution >= 0.6 is 0 Å². The zero-order chi connectivity index (χ0) is 63.9. The largest absolute Gasteiger partial charge is 0.507 e. The van der Waals surface area contributed by atoms with Crippen LogP contribution in [0, 0.1) is 0 Å². The number of Topliss-reactive ketones (excluding diaryl/α,β-unsaturated/α-hetero) is 4. The first-order valence-electron chi connectivity index (χ1n) is 30.0. The molecular formula is C84H62O8. The van der Waals surface area contributed by atoms with Gasteiger partial charge in [-0.2, -0.15) is 0 Å². The lowest BCUT2D eigenvalue weighted by Gasteiger charge is -2.29. The van der Waals surface area contributed by atoms with Crippen molar-refractivity contribution in [3.05, 3.63) is 396 Å². The monoisotopic (exact) mass is 1200 g/mol. The Morgan fingerprint density at radius 2 is 0.326 bits per heavy atom. The SMILES string of the molecule is O=C1c2ccccc2C(=O)C1(c1ccc(O)c(-c2ccccc2)c1)c1ccc(O)c(-c2ccccc2)c1.O=C1c2ccccc2C(=O)C1(c1ccc(O)c(-c2ccccc2)c1)c1ccc(O)c(-c2ccccc2)c1.c1ccccc1.c1ccccc1.c1ccccc1. The van der Waals surface area contributed by atoms with Gasteiger partial charge in [0.25, 0.3) is 0 Å². The van der Waals surface area contributed by atoms with E-state index in [9.17, 15) is 39.6 Å². The number of carbonyl (C=O) groups is 4. The van der Waals surface area contributed by atoms with Crippen LogP contribution in [0.15, 0.2) is 352 Å². The van der Waals surface area contributed by atoms with Crippen molar-refractivity contribution in [1.82, 2.24) is 0 Å². The Morgan fingerprint density at radius 3 is 0.500 bits per heavy atom. The van der Waals surface area contributed by atoms with E-state index in [2.05, 4.69) is 0 Å². The minimum Gasteiger partial charge on any atom is -0.507 e. The summed E-state index contributed by atoms with van der Waals surface area (Å²) in [4.78, 5) is 57.0.